The summed E-state index contributed by atoms with van der Waals surface area (Å²) in [7, 11) is 1.92. The maximum absolute atomic E-state index is 13.1. The summed E-state index contributed by atoms with van der Waals surface area (Å²) >= 11 is 0. The number of nitrogens with one attached hydrogen (secondary N) is 1. The van der Waals surface area contributed by atoms with Crippen molar-refractivity contribution in [3.63, 3.8) is 0 Å². The van der Waals surface area contributed by atoms with Gasteiger partial charge in [0.05, 0.1) is 6.04 Å². The van der Waals surface area contributed by atoms with Crippen LogP contribution in [0, 0.1) is 26.6 Å². The molecule has 0 aliphatic rings. The minimum Gasteiger partial charge on any atom is -0.491 e. The molecule has 1 N–H and O–H groups in total. The van der Waals surface area contributed by atoms with Crippen molar-refractivity contribution in [1.29, 1.82) is 0 Å². The third kappa shape index (κ3) is 3.82. The Balaban J connectivity index is 2.10. The molecule has 1 atom stereocenters. The number of ether oxygens (including phenoxy) is 1. The molecule has 0 heterocycles. The van der Waals surface area contributed by atoms with Gasteiger partial charge < -0.3 is 10.1 Å². The molecular weight excluding hydrogens is 265 g/mol. The van der Waals surface area contributed by atoms with Gasteiger partial charge in [-0.2, -0.15) is 0 Å². The van der Waals surface area contributed by atoms with E-state index in [0.717, 1.165) is 11.3 Å². The van der Waals surface area contributed by atoms with Gasteiger partial charge >= 0.3 is 0 Å². The van der Waals surface area contributed by atoms with Gasteiger partial charge in [0.25, 0.3) is 0 Å². The van der Waals surface area contributed by atoms with Crippen LogP contribution in [0.4, 0.5) is 4.39 Å². The maximum Gasteiger partial charge on any atom is 0.123 e. The second-order valence-corrected chi connectivity index (χ2v) is 5.41. The molecule has 0 saturated heterocycles. The zero-order valence-corrected chi connectivity index (χ0v) is 13.0. The normalized spacial score (nSPS) is 12.2. The largest absolute Gasteiger partial charge is 0.491 e. The van der Waals surface area contributed by atoms with E-state index < -0.39 is 0 Å². The lowest BCUT2D eigenvalue weighted by molar-refractivity contribution is 0.271. The smallest absolute Gasteiger partial charge is 0.123 e. The second-order valence-electron chi connectivity index (χ2n) is 5.41. The average Bonchev–Trinajstić information content (AvgIpc) is 2.45. The van der Waals surface area contributed by atoms with Gasteiger partial charge in [-0.25, -0.2) is 4.39 Å². The summed E-state index contributed by atoms with van der Waals surface area (Å²) in [5.41, 5.74) is 4.56. The molecule has 1 unspecified atom stereocenters. The van der Waals surface area contributed by atoms with Gasteiger partial charge in [0.2, 0.25) is 0 Å². The van der Waals surface area contributed by atoms with E-state index in [2.05, 4.69) is 37.4 Å². The molecular formula is C18H22FNO. The minimum atomic E-state index is -0.237. The van der Waals surface area contributed by atoms with Gasteiger partial charge in [-0.3, -0.25) is 0 Å². The molecule has 2 aromatic rings. The Morgan fingerprint density at radius 3 is 2.38 bits per heavy atom. The molecule has 2 nitrogen and oxygen atoms in total. The first-order valence-electron chi connectivity index (χ1n) is 7.14. The molecule has 0 aliphatic heterocycles. The van der Waals surface area contributed by atoms with Crippen LogP contribution in [-0.4, -0.2) is 13.7 Å². The lowest BCUT2D eigenvalue weighted by atomic mass is 10.0. The van der Waals surface area contributed by atoms with Crippen molar-refractivity contribution < 1.29 is 9.13 Å². The minimum absolute atomic E-state index is 0.105. The molecule has 0 radical (unpaired) electrons. The molecule has 0 amide bonds. The molecule has 3 heteroatoms. The highest BCUT2D eigenvalue weighted by molar-refractivity contribution is 5.34. The Labute approximate surface area is 126 Å². The SMILES string of the molecule is CNC(COc1ccc(F)cc1C)c1ccc(C)c(C)c1. The van der Waals surface area contributed by atoms with E-state index in [1.165, 1.54) is 28.8 Å². The van der Waals surface area contributed by atoms with Gasteiger partial charge in [0, 0.05) is 0 Å². The van der Waals surface area contributed by atoms with Crippen molar-refractivity contribution in [3.05, 3.63) is 64.5 Å². The van der Waals surface area contributed by atoms with Crippen LogP contribution in [0.3, 0.4) is 0 Å². The van der Waals surface area contributed by atoms with Gasteiger partial charge in [-0.15, -0.1) is 0 Å². The predicted molar refractivity (Wildman–Crippen MR) is 84.3 cm³/mol. The highest BCUT2D eigenvalue weighted by Gasteiger charge is 2.12. The molecule has 0 saturated carbocycles. The van der Waals surface area contributed by atoms with Gasteiger partial charge in [0.15, 0.2) is 0 Å². The van der Waals surface area contributed by atoms with Crippen LogP contribution >= 0.6 is 0 Å². The third-order valence-corrected chi connectivity index (χ3v) is 3.82. The van der Waals surface area contributed by atoms with Crippen LogP contribution in [0.25, 0.3) is 0 Å². The van der Waals surface area contributed by atoms with Gasteiger partial charge in [-0.1, -0.05) is 18.2 Å². The van der Waals surface area contributed by atoms with Crippen LogP contribution in [0.15, 0.2) is 36.4 Å². The number of benzene rings is 2. The van der Waals surface area contributed by atoms with Crippen LogP contribution < -0.4 is 10.1 Å². The van der Waals surface area contributed by atoms with Crippen LogP contribution in [-0.2, 0) is 0 Å². The van der Waals surface area contributed by atoms with Crippen LogP contribution in [0.1, 0.15) is 28.3 Å². The lowest BCUT2D eigenvalue weighted by Gasteiger charge is -2.19. The van der Waals surface area contributed by atoms with Crippen LogP contribution in [0.2, 0.25) is 0 Å². The molecule has 2 aromatic carbocycles. The van der Waals surface area contributed by atoms with Gasteiger partial charge in [-0.05, 0) is 68.3 Å². The topological polar surface area (TPSA) is 21.3 Å². The molecule has 2 rings (SSSR count). The Kier molecular flexibility index (Phi) is 4.97. The highest BCUT2D eigenvalue weighted by Crippen LogP contribution is 2.22. The van der Waals surface area contributed by atoms with E-state index in [9.17, 15) is 4.39 Å². The van der Waals surface area contributed by atoms with E-state index in [1.807, 2.05) is 14.0 Å². The number of aryl methyl sites for hydroxylation is 3. The first kappa shape index (κ1) is 15.5. The summed E-state index contributed by atoms with van der Waals surface area (Å²) in [6.45, 7) is 6.57. The number of hydrogen-bond donors (Lipinski definition) is 1. The summed E-state index contributed by atoms with van der Waals surface area (Å²) in [5.74, 6) is 0.486. The Morgan fingerprint density at radius 1 is 1.00 bits per heavy atom. The molecule has 0 fully saturated rings. The van der Waals surface area contributed by atoms with E-state index in [0.29, 0.717) is 6.61 Å². The van der Waals surface area contributed by atoms with Crippen molar-refractivity contribution in [2.75, 3.05) is 13.7 Å². The molecule has 0 aromatic heterocycles. The molecule has 0 aliphatic carbocycles. The fourth-order valence-corrected chi connectivity index (χ4v) is 2.28. The summed E-state index contributed by atoms with van der Waals surface area (Å²) < 4.78 is 18.9. The highest BCUT2D eigenvalue weighted by atomic mass is 19.1. The van der Waals surface area contributed by atoms with E-state index in [-0.39, 0.29) is 11.9 Å². The monoisotopic (exact) mass is 287 g/mol. The number of halogens is 1. The van der Waals surface area contributed by atoms with Crippen LogP contribution in [0.5, 0.6) is 5.75 Å². The first-order chi connectivity index (χ1) is 10.0. The zero-order valence-electron chi connectivity index (χ0n) is 13.0. The summed E-state index contributed by atoms with van der Waals surface area (Å²) in [6.07, 6.45) is 0. The Morgan fingerprint density at radius 2 is 1.76 bits per heavy atom. The molecule has 0 spiro atoms. The van der Waals surface area contributed by atoms with E-state index >= 15 is 0 Å². The molecule has 21 heavy (non-hydrogen) atoms. The standard InChI is InChI=1S/C18H22FNO/c1-12-5-6-15(9-13(12)2)17(20-4)11-21-18-8-7-16(19)10-14(18)3/h5-10,17,20H,11H2,1-4H3. The number of rotatable bonds is 5. The fraction of sp³-hybridized carbons (Fsp3) is 0.333. The summed E-state index contributed by atoms with van der Waals surface area (Å²) in [5, 5.41) is 3.27. The second kappa shape index (κ2) is 6.72. The molecule has 112 valence electrons. The average molecular weight is 287 g/mol. The van der Waals surface area contributed by atoms with Crippen molar-refractivity contribution >= 4 is 0 Å². The van der Waals surface area contributed by atoms with E-state index in [1.54, 1.807) is 6.07 Å². The van der Waals surface area contributed by atoms with Crippen molar-refractivity contribution in [3.8, 4) is 5.75 Å². The summed E-state index contributed by atoms with van der Waals surface area (Å²) in [6, 6.07) is 11.1. The predicted octanol–water partition coefficient (Wildman–Crippen LogP) is 4.09. The third-order valence-electron chi connectivity index (χ3n) is 3.82. The van der Waals surface area contributed by atoms with Gasteiger partial charge in [0.1, 0.15) is 18.2 Å². The van der Waals surface area contributed by atoms with Crippen molar-refractivity contribution in [2.45, 2.75) is 26.8 Å². The van der Waals surface area contributed by atoms with E-state index in [4.69, 9.17) is 4.74 Å². The fourth-order valence-electron chi connectivity index (χ4n) is 2.28. The van der Waals surface area contributed by atoms with Crippen molar-refractivity contribution in [2.24, 2.45) is 0 Å². The maximum atomic E-state index is 13.1. The van der Waals surface area contributed by atoms with Crippen molar-refractivity contribution in [1.82, 2.24) is 5.32 Å². The Bertz CT molecular complexity index is 625. The summed E-state index contributed by atoms with van der Waals surface area (Å²) in [4.78, 5) is 0. The quantitative estimate of drug-likeness (QED) is 0.894. The number of hydrogen-bond acceptors (Lipinski definition) is 2. The zero-order chi connectivity index (χ0) is 15.4. The first-order valence-corrected chi connectivity index (χ1v) is 7.14. The lowest BCUT2D eigenvalue weighted by Crippen LogP contribution is -2.23. The Hall–Kier alpha value is -1.87. The number of likely N-dealkylation sites (N-methyl/N-ethyl adjacent to an activating group) is 1. The molecule has 0 bridgehead atoms.